The molecule has 3 rings (SSSR count). The fourth-order valence-electron chi connectivity index (χ4n) is 3.21. The fraction of sp³-hybridized carbons (Fsp3) is 0.421. The third-order valence-corrected chi connectivity index (χ3v) is 5.68. The van der Waals surface area contributed by atoms with Crippen LogP contribution in [0.15, 0.2) is 29.6 Å². The molecule has 1 aliphatic rings. The minimum absolute atomic E-state index is 0.0420. The topological polar surface area (TPSA) is 50.8 Å². The summed E-state index contributed by atoms with van der Waals surface area (Å²) < 4.78 is 10.5. The SMILES string of the molecule is COc1ccc(CNC(=O)CN2CCc3sccc3[C@H]2C)cc1OC. The van der Waals surface area contributed by atoms with Crippen molar-refractivity contribution in [3.8, 4) is 11.5 Å². The van der Waals surface area contributed by atoms with Crippen LogP contribution in [0.1, 0.15) is 29.0 Å². The number of hydrogen-bond donors (Lipinski definition) is 1. The van der Waals surface area contributed by atoms with E-state index in [0.29, 0.717) is 30.6 Å². The highest BCUT2D eigenvalue weighted by molar-refractivity contribution is 7.10. The lowest BCUT2D eigenvalue weighted by atomic mass is 10.0. The Morgan fingerprint density at radius 2 is 2.08 bits per heavy atom. The molecule has 0 aliphatic carbocycles. The minimum Gasteiger partial charge on any atom is -0.493 e. The molecule has 5 nitrogen and oxygen atoms in total. The Balaban J connectivity index is 1.55. The normalized spacial score (nSPS) is 17.0. The molecule has 25 heavy (non-hydrogen) atoms. The maximum absolute atomic E-state index is 12.4. The number of thiophene rings is 1. The summed E-state index contributed by atoms with van der Waals surface area (Å²) in [5, 5.41) is 5.14. The van der Waals surface area contributed by atoms with Crippen LogP contribution in [0.25, 0.3) is 0 Å². The van der Waals surface area contributed by atoms with Gasteiger partial charge in [-0.1, -0.05) is 6.07 Å². The van der Waals surface area contributed by atoms with Gasteiger partial charge in [-0.05, 0) is 48.1 Å². The lowest BCUT2D eigenvalue weighted by Gasteiger charge is -2.32. The van der Waals surface area contributed by atoms with Crippen molar-refractivity contribution in [1.82, 2.24) is 10.2 Å². The first-order valence-electron chi connectivity index (χ1n) is 8.40. The number of hydrogen-bond acceptors (Lipinski definition) is 5. The van der Waals surface area contributed by atoms with Gasteiger partial charge >= 0.3 is 0 Å². The van der Waals surface area contributed by atoms with Crippen LogP contribution in [-0.2, 0) is 17.8 Å². The largest absolute Gasteiger partial charge is 0.493 e. The minimum atomic E-state index is 0.0420. The third kappa shape index (κ3) is 3.96. The molecule has 0 radical (unpaired) electrons. The van der Waals surface area contributed by atoms with Crippen LogP contribution in [0.2, 0.25) is 0 Å². The second kappa shape index (κ2) is 7.89. The number of nitrogens with zero attached hydrogens (tertiary/aromatic N) is 1. The summed E-state index contributed by atoms with van der Waals surface area (Å²) in [6.45, 7) is 4.00. The lowest BCUT2D eigenvalue weighted by Crippen LogP contribution is -2.41. The van der Waals surface area contributed by atoms with Crippen molar-refractivity contribution in [2.75, 3.05) is 27.3 Å². The molecule has 0 spiro atoms. The third-order valence-electron chi connectivity index (χ3n) is 4.69. The first kappa shape index (κ1) is 17.8. The zero-order chi connectivity index (χ0) is 17.8. The highest BCUT2D eigenvalue weighted by Gasteiger charge is 2.25. The highest BCUT2D eigenvalue weighted by Crippen LogP contribution is 2.32. The molecule has 1 aromatic heterocycles. The summed E-state index contributed by atoms with van der Waals surface area (Å²) >= 11 is 1.81. The molecule has 0 saturated heterocycles. The number of carbonyl (C=O) groups is 1. The van der Waals surface area contributed by atoms with Crippen LogP contribution in [0.5, 0.6) is 11.5 Å². The molecule has 1 atom stereocenters. The zero-order valence-corrected chi connectivity index (χ0v) is 15.7. The summed E-state index contributed by atoms with van der Waals surface area (Å²) in [5.41, 5.74) is 2.35. The van der Waals surface area contributed by atoms with Crippen molar-refractivity contribution < 1.29 is 14.3 Å². The maximum atomic E-state index is 12.4. The highest BCUT2D eigenvalue weighted by atomic mass is 32.1. The van der Waals surface area contributed by atoms with Crippen LogP contribution >= 0.6 is 11.3 Å². The number of benzene rings is 1. The monoisotopic (exact) mass is 360 g/mol. The number of ether oxygens (including phenoxy) is 2. The number of rotatable bonds is 6. The number of fused-ring (bicyclic) bond motifs is 1. The van der Waals surface area contributed by atoms with Crippen molar-refractivity contribution in [2.24, 2.45) is 0 Å². The molecule has 0 bridgehead atoms. The molecule has 0 saturated carbocycles. The van der Waals surface area contributed by atoms with Gasteiger partial charge < -0.3 is 14.8 Å². The van der Waals surface area contributed by atoms with Crippen molar-refractivity contribution in [1.29, 1.82) is 0 Å². The van der Waals surface area contributed by atoms with E-state index >= 15 is 0 Å². The van der Waals surface area contributed by atoms with Gasteiger partial charge in [-0.2, -0.15) is 0 Å². The Labute approximate surface area is 152 Å². The summed E-state index contributed by atoms with van der Waals surface area (Å²) in [5.74, 6) is 1.40. The Bertz CT molecular complexity index is 744. The quantitative estimate of drug-likeness (QED) is 0.860. The van der Waals surface area contributed by atoms with E-state index in [0.717, 1.165) is 18.5 Å². The number of methoxy groups -OCH3 is 2. The van der Waals surface area contributed by atoms with E-state index in [9.17, 15) is 4.79 Å². The number of amides is 1. The van der Waals surface area contributed by atoms with Gasteiger partial charge in [0.25, 0.3) is 0 Å². The van der Waals surface area contributed by atoms with Crippen molar-refractivity contribution >= 4 is 17.2 Å². The van der Waals surface area contributed by atoms with E-state index in [2.05, 4.69) is 28.6 Å². The van der Waals surface area contributed by atoms with Crippen molar-refractivity contribution in [3.63, 3.8) is 0 Å². The smallest absolute Gasteiger partial charge is 0.234 e. The Morgan fingerprint density at radius 1 is 1.28 bits per heavy atom. The average Bonchev–Trinajstić information content (AvgIpc) is 3.11. The molecular weight excluding hydrogens is 336 g/mol. The van der Waals surface area contributed by atoms with Crippen LogP contribution in [0.4, 0.5) is 0 Å². The molecule has 134 valence electrons. The maximum Gasteiger partial charge on any atom is 0.234 e. The summed E-state index contributed by atoms with van der Waals surface area (Å²) in [6.07, 6.45) is 1.03. The Kier molecular flexibility index (Phi) is 5.60. The molecule has 0 unspecified atom stereocenters. The molecule has 1 N–H and O–H groups in total. The number of carbonyl (C=O) groups excluding carboxylic acids is 1. The molecule has 6 heteroatoms. The van der Waals surface area contributed by atoms with Gasteiger partial charge in [-0.25, -0.2) is 0 Å². The van der Waals surface area contributed by atoms with E-state index in [1.807, 2.05) is 29.5 Å². The van der Waals surface area contributed by atoms with Gasteiger partial charge in [-0.15, -0.1) is 11.3 Å². The van der Waals surface area contributed by atoms with Crippen LogP contribution in [0.3, 0.4) is 0 Å². The fourth-order valence-corrected chi connectivity index (χ4v) is 4.17. The van der Waals surface area contributed by atoms with Gasteiger partial charge in [0.15, 0.2) is 11.5 Å². The standard InChI is InChI=1S/C19H24N2O3S/c1-13-15-7-9-25-18(15)6-8-21(13)12-19(22)20-11-14-4-5-16(23-2)17(10-14)24-3/h4-5,7,9-10,13H,6,8,11-12H2,1-3H3,(H,20,22)/t13-/m1/s1. The van der Waals surface area contributed by atoms with E-state index in [1.165, 1.54) is 10.4 Å². The average molecular weight is 360 g/mol. The Morgan fingerprint density at radius 3 is 2.84 bits per heavy atom. The van der Waals surface area contributed by atoms with E-state index in [4.69, 9.17) is 9.47 Å². The second-order valence-corrected chi connectivity index (χ2v) is 7.16. The number of nitrogens with one attached hydrogen (secondary N) is 1. The molecule has 0 fully saturated rings. The van der Waals surface area contributed by atoms with E-state index in [1.54, 1.807) is 14.2 Å². The molecule has 2 aromatic rings. The van der Waals surface area contributed by atoms with E-state index in [-0.39, 0.29) is 5.91 Å². The second-order valence-electron chi connectivity index (χ2n) is 6.16. The van der Waals surface area contributed by atoms with E-state index < -0.39 is 0 Å². The summed E-state index contributed by atoms with van der Waals surface area (Å²) in [6, 6.07) is 8.15. The first-order valence-corrected chi connectivity index (χ1v) is 9.28. The lowest BCUT2D eigenvalue weighted by molar-refractivity contribution is -0.123. The van der Waals surface area contributed by atoms with Gasteiger partial charge in [0.05, 0.1) is 20.8 Å². The molecule has 2 heterocycles. The molecule has 1 aromatic carbocycles. The predicted molar refractivity (Wildman–Crippen MR) is 99.4 cm³/mol. The van der Waals surface area contributed by atoms with Crippen molar-refractivity contribution in [2.45, 2.75) is 25.9 Å². The predicted octanol–water partition coefficient (Wildman–Crippen LogP) is 3.00. The van der Waals surface area contributed by atoms with Crippen LogP contribution < -0.4 is 14.8 Å². The van der Waals surface area contributed by atoms with Crippen LogP contribution in [0, 0.1) is 0 Å². The molecular formula is C19H24N2O3S. The van der Waals surface area contributed by atoms with Gasteiger partial charge in [0.1, 0.15) is 0 Å². The van der Waals surface area contributed by atoms with Crippen molar-refractivity contribution in [3.05, 3.63) is 45.6 Å². The van der Waals surface area contributed by atoms with Crippen LogP contribution in [-0.4, -0.2) is 38.1 Å². The first-order chi connectivity index (χ1) is 12.1. The summed E-state index contributed by atoms with van der Waals surface area (Å²) in [7, 11) is 3.22. The van der Waals surface area contributed by atoms with Gasteiger partial charge in [-0.3, -0.25) is 9.69 Å². The summed E-state index contributed by atoms with van der Waals surface area (Å²) in [4.78, 5) is 16.0. The van der Waals surface area contributed by atoms with Gasteiger partial charge in [0.2, 0.25) is 5.91 Å². The zero-order valence-electron chi connectivity index (χ0n) is 14.9. The molecule has 1 amide bonds. The molecule has 1 aliphatic heterocycles. The Hall–Kier alpha value is -2.05. The van der Waals surface area contributed by atoms with Gasteiger partial charge in [0, 0.05) is 24.0 Å².